The van der Waals surface area contributed by atoms with Crippen molar-refractivity contribution < 1.29 is 14.3 Å². The van der Waals surface area contributed by atoms with Crippen molar-refractivity contribution in [1.82, 2.24) is 4.90 Å². The van der Waals surface area contributed by atoms with Crippen molar-refractivity contribution in [3.8, 4) is 6.07 Å². The van der Waals surface area contributed by atoms with Gasteiger partial charge in [0.2, 0.25) is 0 Å². The van der Waals surface area contributed by atoms with Crippen LogP contribution in [0.25, 0.3) is 0 Å². The van der Waals surface area contributed by atoms with Crippen molar-refractivity contribution in [2.24, 2.45) is 0 Å². The Morgan fingerprint density at radius 3 is 2.76 bits per heavy atom. The molecule has 0 aromatic heterocycles. The summed E-state index contributed by atoms with van der Waals surface area (Å²) in [4.78, 5) is 27.1. The van der Waals surface area contributed by atoms with Gasteiger partial charge in [0, 0.05) is 37.0 Å². The molecule has 1 saturated heterocycles. The van der Waals surface area contributed by atoms with E-state index >= 15 is 0 Å². The monoisotopic (exact) mass is 391 g/mol. The van der Waals surface area contributed by atoms with Crippen molar-refractivity contribution in [1.29, 1.82) is 5.26 Å². The van der Waals surface area contributed by atoms with E-state index in [1.807, 2.05) is 19.1 Å². The molecule has 1 atom stereocenters. The van der Waals surface area contributed by atoms with Crippen LogP contribution in [0.5, 0.6) is 0 Å². The first-order valence-electron chi connectivity index (χ1n) is 9.77. The summed E-state index contributed by atoms with van der Waals surface area (Å²) >= 11 is 0. The lowest BCUT2D eigenvalue weighted by molar-refractivity contribution is -0.000186. The molecule has 1 heterocycles. The second-order valence-corrected chi connectivity index (χ2v) is 7.35. The third-order valence-electron chi connectivity index (χ3n) is 5.08. The van der Waals surface area contributed by atoms with Gasteiger partial charge >= 0.3 is 0 Å². The number of carbonyl (C=O) groups excluding carboxylic acids is 2. The first kappa shape index (κ1) is 20.6. The number of nitriles is 1. The number of nitrogens with zero attached hydrogens (tertiary/aromatic N) is 2. The van der Waals surface area contributed by atoms with Crippen molar-refractivity contribution in [2.75, 3.05) is 25.5 Å². The third kappa shape index (κ3) is 5.21. The molecule has 1 fully saturated rings. The van der Waals surface area contributed by atoms with Crippen LogP contribution in [0.3, 0.4) is 0 Å². The number of benzene rings is 2. The van der Waals surface area contributed by atoms with E-state index in [0.29, 0.717) is 28.9 Å². The van der Waals surface area contributed by atoms with Crippen LogP contribution in [-0.2, 0) is 4.74 Å². The molecule has 0 aliphatic carbocycles. The van der Waals surface area contributed by atoms with Crippen molar-refractivity contribution in [2.45, 2.75) is 32.3 Å². The van der Waals surface area contributed by atoms with Gasteiger partial charge in [-0.3, -0.25) is 9.59 Å². The van der Waals surface area contributed by atoms with Gasteiger partial charge in [0.05, 0.1) is 17.7 Å². The number of likely N-dealkylation sites (N-methyl/N-ethyl adjacent to an activating group) is 1. The van der Waals surface area contributed by atoms with E-state index in [4.69, 9.17) is 10.00 Å². The Hall–Kier alpha value is -3.17. The SMILES string of the molecule is Cc1ccc(C(=O)N(C)CC2CCCCO2)cc1NC(=O)c1cccc(C#N)c1. The van der Waals surface area contributed by atoms with Gasteiger partial charge in [-0.1, -0.05) is 12.1 Å². The molecule has 0 bridgehead atoms. The van der Waals surface area contributed by atoms with Crippen LogP contribution in [0.4, 0.5) is 5.69 Å². The van der Waals surface area contributed by atoms with E-state index in [0.717, 1.165) is 31.4 Å². The highest BCUT2D eigenvalue weighted by Gasteiger charge is 2.20. The summed E-state index contributed by atoms with van der Waals surface area (Å²) in [5.41, 5.74) is 2.75. The molecule has 150 valence electrons. The molecule has 1 unspecified atom stereocenters. The topological polar surface area (TPSA) is 82.4 Å². The molecular weight excluding hydrogens is 366 g/mol. The number of nitrogens with one attached hydrogen (secondary N) is 1. The van der Waals surface area contributed by atoms with Gasteiger partial charge in [-0.15, -0.1) is 0 Å². The van der Waals surface area contributed by atoms with E-state index in [1.54, 1.807) is 42.3 Å². The summed E-state index contributed by atoms with van der Waals surface area (Å²) < 4.78 is 5.72. The van der Waals surface area contributed by atoms with Crippen LogP contribution in [0.1, 0.15) is 51.1 Å². The Balaban J connectivity index is 1.72. The Bertz CT molecular complexity index is 943. The molecule has 2 aromatic carbocycles. The minimum absolute atomic E-state index is 0.0785. The summed E-state index contributed by atoms with van der Waals surface area (Å²) in [6.07, 6.45) is 3.25. The first-order chi connectivity index (χ1) is 14.0. The van der Waals surface area contributed by atoms with Crippen molar-refractivity contribution >= 4 is 17.5 Å². The zero-order chi connectivity index (χ0) is 20.8. The zero-order valence-corrected chi connectivity index (χ0v) is 16.8. The van der Waals surface area contributed by atoms with Crippen LogP contribution >= 0.6 is 0 Å². The van der Waals surface area contributed by atoms with Gasteiger partial charge in [-0.25, -0.2) is 0 Å². The lowest BCUT2D eigenvalue weighted by Crippen LogP contribution is -2.37. The molecule has 0 saturated carbocycles. The molecule has 0 radical (unpaired) electrons. The molecule has 1 N–H and O–H groups in total. The standard InChI is InChI=1S/C23H25N3O3/c1-16-9-10-19(23(28)26(2)15-20-8-3-4-11-29-20)13-21(16)25-22(27)18-7-5-6-17(12-18)14-24/h5-7,9-10,12-13,20H,3-4,8,11,15H2,1-2H3,(H,25,27). The van der Waals surface area contributed by atoms with Crippen LogP contribution < -0.4 is 5.32 Å². The Morgan fingerprint density at radius 2 is 2.03 bits per heavy atom. The normalized spacial score (nSPS) is 16.0. The van der Waals surface area contributed by atoms with Gasteiger partial charge in [0.25, 0.3) is 11.8 Å². The van der Waals surface area contributed by atoms with Gasteiger partial charge < -0.3 is 15.0 Å². The van der Waals surface area contributed by atoms with E-state index < -0.39 is 0 Å². The maximum Gasteiger partial charge on any atom is 0.255 e. The number of aryl methyl sites for hydroxylation is 1. The second kappa shape index (κ2) is 9.35. The number of rotatable bonds is 5. The average Bonchev–Trinajstić information content (AvgIpc) is 2.75. The van der Waals surface area contributed by atoms with Gasteiger partial charge in [-0.2, -0.15) is 5.26 Å². The molecule has 6 heteroatoms. The maximum absolute atomic E-state index is 12.8. The highest BCUT2D eigenvalue weighted by atomic mass is 16.5. The Kier molecular flexibility index (Phi) is 6.63. The number of hydrogen-bond acceptors (Lipinski definition) is 4. The summed E-state index contributed by atoms with van der Waals surface area (Å²) in [7, 11) is 1.77. The fraction of sp³-hybridized carbons (Fsp3) is 0.348. The zero-order valence-electron chi connectivity index (χ0n) is 16.8. The molecule has 1 aliphatic rings. The number of amides is 2. The van der Waals surface area contributed by atoms with Gasteiger partial charge in [-0.05, 0) is 62.1 Å². The fourth-order valence-electron chi connectivity index (χ4n) is 3.37. The molecule has 3 rings (SSSR count). The second-order valence-electron chi connectivity index (χ2n) is 7.35. The molecule has 0 spiro atoms. The predicted molar refractivity (Wildman–Crippen MR) is 111 cm³/mol. The lowest BCUT2D eigenvalue weighted by Gasteiger charge is -2.27. The lowest BCUT2D eigenvalue weighted by atomic mass is 10.1. The minimum Gasteiger partial charge on any atom is -0.376 e. The summed E-state index contributed by atoms with van der Waals surface area (Å²) in [5, 5.41) is 11.9. The third-order valence-corrected chi connectivity index (χ3v) is 5.08. The first-order valence-corrected chi connectivity index (χ1v) is 9.77. The highest BCUT2D eigenvalue weighted by Crippen LogP contribution is 2.20. The number of ether oxygens (including phenoxy) is 1. The van der Waals surface area contributed by atoms with Crippen LogP contribution in [-0.4, -0.2) is 43.0 Å². The number of hydrogen-bond donors (Lipinski definition) is 1. The molecular formula is C23H25N3O3. The molecule has 2 aromatic rings. The Morgan fingerprint density at radius 1 is 1.21 bits per heavy atom. The van der Waals surface area contributed by atoms with Crippen LogP contribution in [0.15, 0.2) is 42.5 Å². The highest BCUT2D eigenvalue weighted by molar-refractivity contribution is 6.05. The fourth-order valence-corrected chi connectivity index (χ4v) is 3.37. The quantitative estimate of drug-likeness (QED) is 0.841. The predicted octanol–water partition coefficient (Wildman–Crippen LogP) is 3.76. The van der Waals surface area contributed by atoms with E-state index in [-0.39, 0.29) is 17.9 Å². The smallest absolute Gasteiger partial charge is 0.255 e. The summed E-state index contributed by atoms with van der Waals surface area (Å²) in [5.74, 6) is -0.431. The Labute approximate surface area is 171 Å². The number of carbonyl (C=O) groups is 2. The minimum atomic E-state index is -0.321. The molecule has 6 nitrogen and oxygen atoms in total. The van der Waals surface area contributed by atoms with Gasteiger partial charge in [0.1, 0.15) is 0 Å². The molecule has 29 heavy (non-hydrogen) atoms. The van der Waals surface area contributed by atoms with Crippen molar-refractivity contribution in [3.63, 3.8) is 0 Å². The largest absolute Gasteiger partial charge is 0.376 e. The van der Waals surface area contributed by atoms with Crippen LogP contribution in [0.2, 0.25) is 0 Å². The van der Waals surface area contributed by atoms with E-state index in [9.17, 15) is 9.59 Å². The number of anilines is 1. The summed E-state index contributed by atoms with van der Waals surface area (Å²) in [6.45, 7) is 3.17. The maximum atomic E-state index is 12.8. The van der Waals surface area contributed by atoms with Gasteiger partial charge in [0.15, 0.2) is 0 Å². The van der Waals surface area contributed by atoms with E-state index in [2.05, 4.69) is 5.32 Å². The molecule has 2 amide bonds. The molecule has 1 aliphatic heterocycles. The van der Waals surface area contributed by atoms with Crippen LogP contribution in [0, 0.1) is 18.3 Å². The summed E-state index contributed by atoms with van der Waals surface area (Å²) in [6, 6.07) is 13.8. The van der Waals surface area contributed by atoms with E-state index in [1.165, 1.54) is 6.07 Å². The average molecular weight is 391 g/mol. The van der Waals surface area contributed by atoms with Crippen molar-refractivity contribution in [3.05, 3.63) is 64.7 Å².